The molecule has 2 aromatic carbocycles. The van der Waals surface area contributed by atoms with Crippen LogP contribution in [0.2, 0.25) is 0 Å². The van der Waals surface area contributed by atoms with Crippen molar-refractivity contribution in [3.63, 3.8) is 0 Å². The lowest BCUT2D eigenvalue weighted by Crippen LogP contribution is -2.49. The van der Waals surface area contributed by atoms with Gasteiger partial charge < -0.3 is 35.6 Å². The van der Waals surface area contributed by atoms with Gasteiger partial charge in [0.05, 0.1) is 12.7 Å². The minimum absolute atomic E-state index is 0.102. The number of aliphatic hydroxyl groups is 5. The van der Waals surface area contributed by atoms with Crippen LogP contribution in [0.25, 0.3) is 11.1 Å². The highest BCUT2D eigenvalue weighted by Gasteiger charge is 2.31. The number of nitrogens with one attached hydrogen (secondary N) is 1. The highest BCUT2D eigenvalue weighted by Crippen LogP contribution is 2.44. The molecule has 0 heterocycles. The Morgan fingerprint density at radius 1 is 0.897 bits per heavy atom. The summed E-state index contributed by atoms with van der Waals surface area (Å²) >= 11 is 0. The Morgan fingerprint density at radius 3 is 1.97 bits per heavy atom. The topological polar surface area (TPSA) is 139 Å². The van der Waals surface area contributed by atoms with Gasteiger partial charge in [0.15, 0.2) is 0 Å². The lowest BCUT2D eigenvalue weighted by Gasteiger charge is -2.25. The van der Waals surface area contributed by atoms with Crippen LogP contribution >= 0.6 is 0 Å². The summed E-state index contributed by atoms with van der Waals surface area (Å²) in [5.41, 5.74) is 4.34. The molecule has 1 aliphatic carbocycles. The molecule has 2 aromatic rings. The van der Waals surface area contributed by atoms with Gasteiger partial charge in [-0.2, -0.15) is 0 Å². The number of ether oxygens (including phenoxy) is 1. The van der Waals surface area contributed by atoms with Crippen molar-refractivity contribution in [1.82, 2.24) is 5.32 Å². The summed E-state index contributed by atoms with van der Waals surface area (Å²) in [5, 5.41) is 49.6. The lowest BCUT2D eigenvalue weighted by atomic mass is 9.98. The first-order valence-corrected chi connectivity index (χ1v) is 9.36. The van der Waals surface area contributed by atoms with Crippen LogP contribution in [-0.4, -0.2) is 75.8 Å². The molecule has 0 radical (unpaired) electrons. The molecule has 0 bridgehead atoms. The summed E-state index contributed by atoms with van der Waals surface area (Å²) in [7, 11) is 0. The molecule has 0 aromatic heterocycles. The summed E-state index contributed by atoms with van der Waals surface area (Å²) in [6.07, 6.45) is -7.43. The monoisotopic (exact) mass is 403 g/mol. The van der Waals surface area contributed by atoms with Crippen molar-refractivity contribution in [1.29, 1.82) is 0 Å². The molecule has 0 spiro atoms. The molecule has 156 valence electrons. The molecule has 3 rings (SSSR count). The summed E-state index contributed by atoms with van der Waals surface area (Å²) in [4.78, 5) is 12.0. The summed E-state index contributed by atoms with van der Waals surface area (Å²) in [6.45, 7) is -1.07. The Bertz CT molecular complexity index is 798. The second kappa shape index (κ2) is 9.34. The fourth-order valence-electron chi connectivity index (χ4n) is 3.52. The van der Waals surface area contributed by atoms with E-state index in [2.05, 4.69) is 5.32 Å². The van der Waals surface area contributed by atoms with Crippen LogP contribution in [0, 0.1) is 0 Å². The third-order valence-corrected chi connectivity index (χ3v) is 5.12. The SMILES string of the molecule is O=C(NC[C@H](O)[C@@H](O)[C@H](O)[C@H](O)CO)OCC1c2ccccc2-c2ccccc21. The van der Waals surface area contributed by atoms with Gasteiger partial charge in [0, 0.05) is 12.5 Å². The molecule has 1 amide bonds. The van der Waals surface area contributed by atoms with E-state index < -0.39 is 43.7 Å². The minimum Gasteiger partial charge on any atom is -0.449 e. The van der Waals surface area contributed by atoms with Crippen LogP contribution in [-0.2, 0) is 4.74 Å². The maximum atomic E-state index is 12.0. The number of alkyl carbamates (subject to hydrolysis) is 1. The first-order valence-electron chi connectivity index (χ1n) is 9.36. The maximum absolute atomic E-state index is 12.0. The van der Waals surface area contributed by atoms with Crippen molar-refractivity contribution in [3.05, 3.63) is 59.7 Å². The molecule has 8 nitrogen and oxygen atoms in total. The quantitative estimate of drug-likeness (QED) is 0.364. The smallest absolute Gasteiger partial charge is 0.407 e. The molecular formula is C21H25NO7. The van der Waals surface area contributed by atoms with E-state index in [1.54, 1.807) is 0 Å². The van der Waals surface area contributed by atoms with Crippen molar-refractivity contribution in [2.75, 3.05) is 19.8 Å². The fraction of sp³-hybridized carbons (Fsp3) is 0.381. The molecule has 0 fully saturated rings. The number of hydrogen-bond acceptors (Lipinski definition) is 7. The first-order chi connectivity index (χ1) is 13.9. The molecule has 8 heteroatoms. The van der Waals surface area contributed by atoms with Crippen molar-refractivity contribution in [3.8, 4) is 11.1 Å². The Kier molecular flexibility index (Phi) is 6.83. The average Bonchev–Trinajstić information content (AvgIpc) is 3.08. The van der Waals surface area contributed by atoms with Gasteiger partial charge in [0.25, 0.3) is 0 Å². The Morgan fingerprint density at radius 2 is 1.41 bits per heavy atom. The second-order valence-electron chi connectivity index (χ2n) is 7.00. The molecule has 0 aliphatic heterocycles. The van der Waals surface area contributed by atoms with Crippen LogP contribution in [0.5, 0.6) is 0 Å². The number of hydrogen-bond donors (Lipinski definition) is 6. The van der Waals surface area contributed by atoms with Gasteiger partial charge >= 0.3 is 6.09 Å². The first kappa shape index (κ1) is 21.2. The van der Waals surface area contributed by atoms with Gasteiger partial charge in [0.1, 0.15) is 24.9 Å². The van der Waals surface area contributed by atoms with Crippen molar-refractivity contribution in [2.24, 2.45) is 0 Å². The highest BCUT2D eigenvalue weighted by atomic mass is 16.5. The predicted octanol–water partition coefficient (Wildman–Crippen LogP) is -0.0390. The van der Waals surface area contributed by atoms with Gasteiger partial charge in [-0.05, 0) is 22.3 Å². The Hall–Kier alpha value is -2.49. The molecule has 1 aliphatic rings. The van der Waals surface area contributed by atoms with Gasteiger partial charge in [-0.3, -0.25) is 0 Å². The van der Waals surface area contributed by atoms with E-state index in [-0.39, 0.29) is 12.5 Å². The van der Waals surface area contributed by atoms with Gasteiger partial charge in [-0.25, -0.2) is 4.79 Å². The van der Waals surface area contributed by atoms with Gasteiger partial charge in [0.2, 0.25) is 0 Å². The zero-order valence-electron chi connectivity index (χ0n) is 15.7. The van der Waals surface area contributed by atoms with E-state index >= 15 is 0 Å². The van der Waals surface area contributed by atoms with Crippen molar-refractivity contribution < 1.29 is 35.1 Å². The molecule has 4 atom stereocenters. The molecule has 0 saturated carbocycles. The third kappa shape index (κ3) is 4.58. The fourth-order valence-corrected chi connectivity index (χ4v) is 3.52. The summed E-state index contributed by atoms with van der Waals surface area (Å²) in [5.74, 6) is -0.106. The number of fused-ring (bicyclic) bond motifs is 3. The zero-order chi connectivity index (χ0) is 21.0. The molecule has 29 heavy (non-hydrogen) atoms. The van der Waals surface area contributed by atoms with E-state index in [1.165, 1.54) is 0 Å². The van der Waals surface area contributed by atoms with Gasteiger partial charge in [-0.1, -0.05) is 48.5 Å². The number of amides is 1. The van der Waals surface area contributed by atoms with Crippen LogP contribution in [0.15, 0.2) is 48.5 Å². The largest absolute Gasteiger partial charge is 0.449 e. The average molecular weight is 403 g/mol. The lowest BCUT2D eigenvalue weighted by molar-refractivity contribution is -0.113. The van der Waals surface area contributed by atoms with Crippen LogP contribution < -0.4 is 5.32 Å². The van der Waals surface area contributed by atoms with E-state index in [1.807, 2.05) is 48.5 Å². The maximum Gasteiger partial charge on any atom is 0.407 e. The van der Waals surface area contributed by atoms with Crippen LogP contribution in [0.1, 0.15) is 17.0 Å². The summed E-state index contributed by atoms with van der Waals surface area (Å²) in [6, 6.07) is 15.8. The van der Waals surface area contributed by atoms with E-state index in [0.717, 1.165) is 22.3 Å². The van der Waals surface area contributed by atoms with Crippen molar-refractivity contribution in [2.45, 2.75) is 30.3 Å². The third-order valence-electron chi connectivity index (χ3n) is 5.12. The number of benzene rings is 2. The van der Waals surface area contributed by atoms with E-state index in [4.69, 9.17) is 9.84 Å². The molecule has 0 saturated heterocycles. The predicted molar refractivity (Wildman–Crippen MR) is 104 cm³/mol. The van der Waals surface area contributed by atoms with Crippen LogP contribution in [0.4, 0.5) is 4.79 Å². The Balaban J connectivity index is 1.55. The molecule has 6 N–H and O–H groups in total. The summed E-state index contributed by atoms with van der Waals surface area (Å²) < 4.78 is 5.30. The zero-order valence-corrected chi connectivity index (χ0v) is 15.7. The van der Waals surface area contributed by atoms with Gasteiger partial charge in [-0.15, -0.1) is 0 Å². The second-order valence-corrected chi connectivity index (χ2v) is 7.00. The highest BCUT2D eigenvalue weighted by molar-refractivity contribution is 5.79. The molecule has 0 unspecified atom stereocenters. The number of rotatable bonds is 8. The minimum atomic E-state index is -1.75. The van der Waals surface area contributed by atoms with E-state index in [0.29, 0.717) is 0 Å². The number of aliphatic hydroxyl groups excluding tert-OH is 5. The number of carbonyl (C=O) groups is 1. The normalized spacial score (nSPS) is 17.0. The van der Waals surface area contributed by atoms with E-state index in [9.17, 15) is 25.2 Å². The standard InChI is InChI=1S/C21H25NO7/c23-10-18(25)20(27)19(26)17(24)9-22-21(28)29-11-16-14-7-3-1-5-12(14)13-6-2-4-8-15(13)16/h1-8,16-20,23-27H,9-11H2,(H,22,28)/t17-,18+,19+,20+/m0/s1. The molecular weight excluding hydrogens is 378 g/mol. The Labute approximate surface area is 168 Å². The van der Waals surface area contributed by atoms with Crippen molar-refractivity contribution >= 4 is 6.09 Å². The van der Waals surface area contributed by atoms with Crippen LogP contribution in [0.3, 0.4) is 0 Å². The number of carbonyl (C=O) groups excluding carboxylic acids is 1.